The summed E-state index contributed by atoms with van der Waals surface area (Å²) in [5.74, 6) is 0.351. The van der Waals surface area contributed by atoms with Gasteiger partial charge < -0.3 is 4.74 Å². The van der Waals surface area contributed by atoms with Crippen molar-refractivity contribution < 1.29 is 9.53 Å². The van der Waals surface area contributed by atoms with Crippen molar-refractivity contribution in [3.8, 4) is 5.75 Å². The van der Waals surface area contributed by atoms with Crippen LogP contribution < -0.4 is 10.2 Å². The molecule has 0 aromatic heterocycles. The molecule has 0 aliphatic heterocycles. The molecule has 0 unspecified atom stereocenters. The SMILES string of the molecule is Cc1cc(OCC(=O)N/N=C/c2ccccc2C)ccc1Br. The van der Waals surface area contributed by atoms with Gasteiger partial charge in [-0.15, -0.1) is 0 Å². The van der Waals surface area contributed by atoms with E-state index in [0.29, 0.717) is 5.75 Å². The number of carbonyl (C=O) groups is 1. The van der Waals surface area contributed by atoms with Gasteiger partial charge in [-0.1, -0.05) is 40.2 Å². The third kappa shape index (κ3) is 4.70. The summed E-state index contributed by atoms with van der Waals surface area (Å²) in [6.45, 7) is 3.87. The first-order chi connectivity index (χ1) is 10.6. The fourth-order valence-corrected chi connectivity index (χ4v) is 2.04. The van der Waals surface area contributed by atoms with Crippen molar-refractivity contribution in [1.82, 2.24) is 5.43 Å². The summed E-state index contributed by atoms with van der Waals surface area (Å²) in [5.41, 5.74) is 5.57. The fraction of sp³-hybridized carbons (Fsp3) is 0.176. The van der Waals surface area contributed by atoms with Crippen molar-refractivity contribution in [1.29, 1.82) is 0 Å². The maximum Gasteiger partial charge on any atom is 0.277 e. The summed E-state index contributed by atoms with van der Waals surface area (Å²) in [6.07, 6.45) is 1.62. The quantitative estimate of drug-likeness (QED) is 0.654. The van der Waals surface area contributed by atoms with E-state index in [9.17, 15) is 4.79 Å². The van der Waals surface area contributed by atoms with Crippen molar-refractivity contribution in [3.05, 3.63) is 63.6 Å². The van der Waals surface area contributed by atoms with E-state index in [2.05, 4.69) is 26.5 Å². The van der Waals surface area contributed by atoms with Crippen LogP contribution in [0.4, 0.5) is 0 Å². The highest BCUT2D eigenvalue weighted by molar-refractivity contribution is 9.10. The van der Waals surface area contributed by atoms with Crippen LogP contribution in [0, 0.1) is 13.8 Å². The molecule has 0 bridgehead atoms. The number of amides is 1. The van der Waals surface area contributed by atoms with Crippen LogP contribution >= 0.6 is 15.9 Å². The minimum Gasteiger partial charge on any atom is -0.484 e. The number of hydrogen-bond donors (Lipinski definition) is 1. The monoisotopic (exact) mass is 360 g/mol. The van der Waals surface area contributed by atoms with Crippen LogP contribution in [-0.4, -0.2) is 18.7 Å². The number of rotatable bonds is 5. The van der Waals surface area contributed by atoms with E-state index in [1.54, 1.807) is 12.3 Å². The number of aryl methyl sites for hydroxylation is 2. The summed E-state index contributed by atoms with van der Waals surface area (Å²) in [7, 11) is 0. The molecule has 1 N–H and O–H groups in total. The standard InChI is InChI=1S/C17H17BrN2O2/c1-12-5-3-4-6-14(12)10-19-20-17(21)11-22-15-7-8-16(18)13(2)9-15/h3-10H,11H2,1-2H3,(H,20,21)/b19-10+. The molecule has 2 rings (SSSR count). The van der Waals surface area contributed by atoms with E-state index in [0.717, 1.165) is 21.2 Å². The number of hydrazone groups is 1. The van der Waals surface area contributed by atoms with Crippen molar-refractivity contribution in [2.24, 2.45) is 5.10 Å². The molecule has 1 amide bonds. The van der Waals surface area contributed by atoms with E-state index in [-0.39, 0.29) is 12.5 Å². The summed E-state index contributed by atoms with van der Waals surface area (Å²) in [6, 6.07) is 13.4. The average molecular weight is 361 g/mol. The number of halogens is 1. The maximum absolute atomic E-state index is 11.7. The molecule has 2 aromatic carbocycles. The molecular weight excluding hydrogens is 344 g/mol. The lowest BCUT2D eigenvalue weighted by Gasteiger charge is -2.06. The fourth-order valence-electron chi connectivity index (χ4n) is 1.79. The number of ether oxygens (including phenoxy) is 1. The molecule has 0 atom stereocenters. The van der Waals surface area contributed by atoms with Gasteiger partial charge in [-0.25, -0.2) is 5.43 Å². The van der Waals surface area contributed by atoms with Crippen LogP contribution in [0.3, 0.4) is 0 Å². The molecule has 0 saturated carbocycles. The topological polar surface area (TPSA) is 50.7 Å². The summed E-state index contributed by atoms with van der Waals surface area (Å²) in [5, 5.41) is 3.93. The zero-order chi connectivity index (χ0) is 15.9. The minimum absolute atomic E-state index is 0.0772. The van der Waals surface area contributed by atoms with Crippen molar-refractivity contribution in [3.63, 3.8) is 0 Å². The lowest BCUT2D eigenvalue weighted by atomic mass is 10.1. The Bertz CT molecular complexity index is 699. The van der Waals surface area contributed by atoms with Crippen molar-refractivity contribution in [2.75, 3.05) is 6.61 Å². The van der Waals surface area contributed by atoms with Crippen LogP contribution in [0.5, 0.6) is 5.75 Å². The van der Waals surface area contributed by atoms with Gasteiger partial charge in [0.2, 0.25) is 0 Å². The van der Waals surface area contributed by atoms with Crippen molar-refractivity contribution >= 4 is 28.1 Å². The van der Waals surface area contributed by atoms with E-state index >= 15 is 0 Å². The molecule has 5 heteroatoms. The molecular formula is C17H17BrN2O2. The molecule has 2 aromatic rings. The predicted octanol–water partition coefficient (Wildman–Crippen LogP) is 3.60. The number of benzene rings is 2. The van der Waals surface area contributed by atoms with Gasteiger partial charge in [0, 0.05) is 4.47 Å². The van der Waals surface area contributed by atoms with Crippen LogP contribution in [0.15, 0.2) is 52.0 Å². The van der Waals surface area contributed by atoms with Gasteiger partial charge in [0.15, 0.2) is 6.61 Å². The van der Waals surface area contributed by atoms with Crippen LogP contribution in [0.1, 0.15) is 16.7 Å². The number of carbonyl (C=O) groups excluding carboxylic acids is 1. The zero-order valence-corrected chi connectivity index (χ0v) is 14.1. The second kappa shape index (κ2) is 7.75. The Morgan fingerprint density at radius 2 is 2.00 bits per heavy atom. The maximum atomic E-state index is 11.7. The van der Waals surface area contributed by atoms with E-state index in [1.165, 1.54) is 0 Å². The highest BCUT2D eigenvalue weighted by Gasteiger charge is 2.03. The van der Waals surface area contributed by atoms with Gasteiger partial charge in [0.1, 0.15) is 5.75 Å². The third-order valence-corrected chi connectivity index (χ3v) is 3.97. The van der Waals surface area contributed by atoms with Gasteiger partial charge in [-0.3, -0.25) is 4.79 Å². The van der Waals surface area contributed by atoms with E-state index in [1.807, 2.05) is 50.2 Å². The first kappa shape index (κ1) is 16.2. The third-order valence-electron chi connectivity index (χ3n) is 3.08. The number of nitrogens with zero attached hydrogens (tertiary/aromatic N) is 1. The lowest BCUT2D eigenvalue weighted by molar-refractivity contribution is -0.123. The lowest BCUT2D eigenvalue weighted by Crippen LogP contribution is -2.24. The second-order valence-electron chi connectivity index (χ2n) is 4.85. The second-order valence-corrected chi connectivity index (χ2v) is 5.70. The van der Waals surface area contributed by atoms with Crippen molar-refractivity contribution in [2.45, 2.75) is 13.8 Å². The summed E-state index contributed by atoms with van der Waals surface area (Å²) < 4.78 is 6.43. The molecule has 4 nitrogen and oxygen atoms in total. The Morgan fingerprint density at radius 3 is 2.73 bits per heavy atom. The normalized spacial score (nSPS) is 10.7. The first-order valence-corrected chi connectivity index (χ1v) is 7.62. The summed E-state index contributed by atoms with van der Waals surface area (Å²) in [4.78, 5) is 11.7. The Morgan fingerprint density at radius 1 is 1.23 bits per heavy atom. The predicted molar refractivity (Wildman–Crippen MR) is 91.3 cm³/mol. The first-order valence-electron chi connectivity index (χ1n) is 6.83. The Hall–Kier alpha value is -2.14. The molecule has 0 aliphatic rings. The van der Waals surface area contributed by atoms with E-state index < -0.39 is 0 Å². The molecule has 0 spiro atoms. The van der Waals surface area contributed by atoms with Gasteiger partial charge in [-0.05, 0) is 48.7 Å². The molecule has 114 valence electrons. The van der Waals surface area contributed by atoms with Gasteiger partial charge in [-0.2, -0.15) is 5.10 Å². The van der Waals surface area contributed by atoms with Gasteiger partial charge in [0.25, 0.3) is 5.91 Å². The zero-order valence-electron chi connectivity index (χ0n) is 12.5. The highest BCUT2D eigenvalue weighted by Crippen LogP contribution is 2.21. The largest absolute Gasteiger partial charge is 0.484 e. The van der Waals surface area contributed by atoms with Gasteiger partial charge >= 0.3 is 0 Å². The molecule has 0 heterocycles. The van der Waals surface area contributed by atoms with Gasteiger partial charge in [0.05, 0.1) is 6.21 Å². The van der Waals surface area contributed by atoms with Crippen LogP contribution in [0.2, 0.25) is 0 Å². The summed E-state index contributed by atoms with van der Waals surface area (Å²) >= 11 is 3.42. The smallest absolute Gasteiger partial charge is 0.277 e. The highest BCUT2D eigenvalue weighted by atomic mass is 79.9. The molecule has 0 fully saturated rings. The van der Waals surface area contributed by atoms with E-state index in [4.69, 9.17) is 4.74 Å². The molecule has 0 radical (unpaired) electrons. The minimum atomic E-state index is -0.301. The van der Waals surface area contributed by atoms with Crippen LogP contribution in [0.25, 0.3) is 0 Å². The number of hydrogen-bond acceptors (Lipinski definition) is 3. The molecule has 22 heavy (non-hydrogen) atoms. The van der Waals surface area contributed by atoms with Crippen LogP contribution in [-0.2, 0) is 4.79 Å². The number of nitrogens with one attached hydrogen (secondary N) is 1. The Kier molecular flexibility index (Phi) is 5.72. The average Bonchev–Trinajstić information content (AvgIpc) is 2.50. The molecule has 0 saturated heterocycles. The Labute approximate surface area is 138 Å². The Balaban J connectivity index is 1.83. The molecule has 0 aliphatic carbocycles.